The van der Waals surface area contributed by atoms with Crippen molar-refractivity contribution in [3.8, 4) is 0 Å². The summed E-state index contributed by atoms with van der Waals surface area (Å²) < 4.78 is 0. The van der Waals surface area contributed by atoms with Gasteiger partial charge in [0.2, 0.25) is 0 Å². The van der Waals surface area contributed by atoms with E-state index < -0.39 is 0 Å². The molecule has 0 bridgehead atoms. The molecule has 0 unspecified atom stereocenters. The average Bonchev–Trinajstić information content (AvgIpc) is 2.47. The lowest BCUT2D eigenvalue weighted by Gasteiger charge is -2.26. The van der Waals surface area contributed by atoms with Crippen molar-refractivity contribution in [1.82, 2.24) is 10.3 Å². The molecule has 20 heavy (non-hydrogen) atoms. The number of aromatic nitrogens is 1. The molecule has 0 spiro atoms. The Balaban J connectivity index is 1.81. The molecule has 1 aliphatic rings. The molecular weight excluding hydrogens is 248 g/mol. The third kappa shape index (κ3) is 2.57. The third-order valence-corrected chi connectivity index (χ3v) is 3.80. The molecule has 3 nitrogen and oxygen atoms in total. The molecule has 1 atom stereocenters. The maximum absolute atomic E-state index is 12.3. The number of benzene rings is 1. The van der Waals surface area contributed by atoms with Gasteiger partial charge in [0.1, 0.15) is 5.69 Å². The number of hydrogen-bond acceptors (Lipinski definition) is 2. The quantitative estimate of drug-likeness (QED) is 0.907. The lowest BCUT2D eigenvalue weighted by molar-refractivity contribution is 0.0927. The largest absolute Gasteiger partial charge is 0.344 e. The van der Waals surface area contributed by atoms with Crippen molar-refractivity contribution < 1.29 is 4.79 Å². The van der Waals surface area contributed by atoms with E-state index in [1.807, 2.05) is 25.1 Å². The monoisotopic (exact) mass is 266 g/mol. The summed E-state index contributed by atoms with van der Waals surface area (Å²) in [7, 11) is 0. The zero-order valence-electron chi connectivity index (χ0n) is 11.6. The van der Waals surface area contributed by atoms with Gasteiger partial charge in [-0.15, -0.1) is 0 Å². The molecule has 102 valence electrons. The predicted octanol–water partition coefficient (Wildman–Crippen LogP) is 3.20. The summed E-state index contributed by atoms with van der Waals surface area (Å²) in [5.41, 5.74) is 3.95. The Labute approximate surface area is 119 Å². The maximum Gasteiger partial charge on any atom is 0.270 e. The van der Waals surface area contributed by atoms with E-state index >= 15 is 0 Å². The number of nitrogens with one attached hydrogen (secondary N) is 1. The Bertz CT molecular complexity index is 636. The first-order chi connectivity index (χ1) is 9.74. The molecule has 1 aromatic heterocycles. The van der Waals surface area contributed by atoms with Gasteiger partial charge in [-0.1, -0.05) is 30.3 Å². The van der Waals surface area contributed by atoms with E-state index in [2.05, 4.69) is 28.5 Å². The lowest BCUT2D eigenvalue weighted by atomic mass is 9.87. The first kappa shape index (κ1) is 12.9. The zero-order valence-corrected chi connectivity index (χ0v) is 11.6. The molecule has 1 aliphatic carbocycles. The molecule has 3 rings (SSSR count). The number of pyridine rings is 1. The molecule has 1 N–H and O–H groups in total. The van der Waals surface area contributed by atoms with Crippen LogP contribution in [0.5, 0.6) is 0 Å². The standard InChI is InChI=1S/C17H18N2O/c1-12-6-4-11-16(18-12)17(20)19-15-10-5-8-13-7-2-3-9-14(13)15/h2-4,6-7,9,11,15H,5,8,10H2,1H3,(H,19,20)/t15-/m1/s1. The van der Waals surface area contributed by atoms with Gasteiger partial charge in [-0.25, -0.2) is 4.98 Å². The van der Waals surface area contributed by atoms with Gasteiger partial charge in [-0.05, 0) is 49.4 Å². The van der Waals surface area contributed by atoms with Gasteiger partial charge in [0.15, 0.2) is 0 Å². The summed E-state index contributed by atoms with van der Waals surface area (Å²) in [4.78, 5) is 16.6. The lowest BCUT2D eigenvalue weighted by Crippen LogP contribution is -2.31. The van der Waals surface area contributed by atoms with Gasteiger partial charge in [0, 0.05) is 5.69 Å². The highest BCUT2D eigenvalue weighted by Gasteiger charge is 2.22. The molecule has 0 radical (unpaired) electrons. The minimum absolute atomic E-state index is 0.0876. The second-order valence-corrected chi connectivity index (χ2v) is 5.28. The van der Waals surface area contributed by atoms with Crippen LogP contribution in [0.2, 0.25) is 0 Å². The number of hydrogen-bond donors (Lipinski definition) is 1. The fourth-order valence-electron chi connectivity index (χ4n) is 2.81. The van der Waals surface area contributed by atoms with Gasteiger partial charge in [0.05, 0.1) is 6.04 Å². The van der Waals surface area contributed by atoms with Crippen molar-refractivity contribution in [2.24, 2.45) is 0 Å². The molecule has 0 aliphatic heterocycles. The van der Waals surface area contributed by atoms with E-state index in [1.165, 1.54) is 11.1 Å². The van der Waals surface area contributed by atoms with Gasteiger partial charge in [-0.2, -0.15) is 0 Å². The van der Waals surface area contributed by atoms with Gasteiger partial charge in [-0.3, -0.25) is 4.79 Å². The summed E-state index contributed by atoms with van der Waals surface area (Å²) in [5.74, 6) is -0.0876. The summed E-state index contributed by atoms with van der Waals surface area (Å²) in [6, 6.07) is 14.0. The highest BCUT2D eigenvalue weighted by atomic mass is 16.1. The molecular formula is C17H18N2O. The van der Waals surface area contributed by atoms with Crippen LogP contribution in [0.3, 0.4) is 0 Å². The molecule has 0 fully saturated rings. The number of rotatable bonds is 2. The minimum Gasteiger partial charge on any atom is -0.344 e. The van der Waals surface area contributed by atoms with Crippen LogP contribution in [0.15, 0.2) is 42.5 Å². The summed E-state index contributed by atoms with van der Waals surface area (Å²) in [6.45, 7) is 1.90. The number of nitrogens with zero attached hydrogens (tertiary/aromatic N) is 1. The van der Waals surface area contributed by atoms with E-state index in [0.29, 0.717) is 5.69 Å². The maximum atomic E-state index is 12.3. The normalized spacial score (nSPS) is 17.4. The number of amides is 1. The van der Waals surface area contributed by atoms with Crippen molar-refractivity contribution in [2.45, 2.75) is 32.2 Å². The van der Waals surface area contributed by atoms with Gasteiger partial charge in [0.25, 0.3) is 5.91 Å². The van der Waals surface area contributed by atoms with E-state index in [-0.39, 0.29) is 11.9 Å². The Morgan fingerprint density at radius 2 is 2.05 bits per heavy atom. The zero-order chi connectivity index (χ0) is 13.9. The number of aryl methyl sites for hydroxylation is 2. The fraction of sp³-hybridized carbons (Fsp3) is 0.294. The van der Waals surface area contributed by atoms with Crippen LogP contribution in [-0.2, 0) is 6.42 Å². The van der Waals surface area contributed by atoms with Crippen molar-refractivity contribution >= 4 is 5.91 Å². The van der Waals surface area contributed by atoms with E-state index in [4.69, 9.17) is 0 Å². The van der Waals surface area contributed by atoms with Crippen molar-refractivity contribution in [3.05, 3.63) is 65.0 Å². The summed E-state index contributed by atoms with van der Waals surface area (Å²) in [5, 5.41) is 3.12. The summed E-state index contributed by atoms with van der Waals surface area (Å²) >= 11 is 0. The van der Waals surface area contributed by atoms with E-state index in [1.54, 1.807) is 6.07 Å². The molecule has 0 saturated carbocycles. The SMILES string of the molecule is Cc1cccc(C(=O)N[C@@H]2CCCc3ccccc32)n1. The molecule has 1 amide bonds. The van der Waals surface area contributed by atoms with Crippen molar-refractivity contribution in [2.75, 3.05) is 0 Å². The van der Waals surface area contributed by atoms with Crippen molar-refractivity contribution in [3.63, 3.8) is 0 Å². The Morgan fingerprint density at radius 3 is 2.90 bits per heavy atom. The molecule has 1 heterocycles. The first-order valence-corrected chi connectivity index (χ1v) is 7.06. The second kappa shape index (κ2) is 5.45. The number of carbonyl (C=O) groups is 1. The van der Waals surface area contributed by atoms with Crippen LogP contribution >= 0.6 is 0 Å². The highest BCUT2D eigenvalue weighted by Crippen LogP contribution is 2.29. The number of carbonyl (C=O) groups excluding carboxylic acids is 1. The van der Waals surface area contributed by atoms with Crippen LogP contribution in [-0.4, -0.2) is 10.9 Å². The predicted molar refractivity (Wildman–Crippen MR) is 78.6 cm³/mol. The minimum atomic E-state index is -0.0876. The first-order valence-electron chi connectivity index (χ1n) is 7.06. The third-order valence-electron chi connectivity index (χ3n) is 3.80. The molecule has 0 saturated heterocycles. The van der Waals surface area contributed by atoms with E-state index in [0.717, 1.165) is 25.0 Å². The van der Waals surface area contributed by atoms with Crippen LogP contribution in [0.25, 0.3) is 0 Å². The van der Waals surface area contributed by atoms with Crippen molar-refractivity contribution in [1.29, 1.82) is 0 Å². The van der Waals surface area contributed by atoms with E-state index in [9.17, 15) is 4.79 Å². The average molecular weight is 266 g/mol. The van der Waals surface area contributed by atoms with Crippen LogP contribution in [0.1, 0.15) is 46.2 Å². The smallest absolute Gasteiger partial charge is 0.270 e. The number of fused-ring (bicyclic) bond motifs is 1. The molecule has 2 aromatic rings. The van der Waals surface area contributed by atoms with Crippen LogP contribution in [0.4, 0.5) is 0 Å². The van der Waals surface area contributed by atoms with Crippen LogP contribution < -0.4 is 5.32 Å². The Hall–Kier alpha value is -2.16. The second-order valence-electron chi connectivity index (χ2n) is 5.28. The topological polar surface area (TPSA) is 42.0 Å². The van der Waals surface area contributed by atoms with Crippen LogP contribution in [0, 0.1) is 6.92 Å². The highest BCUT2D eigenvalue weighted by molar-refractivity contribution is 5.92. The summed E-state index contributed by atoms with van der Waals surface area (Å²) in [6.07, 6.45) is 3.21. The Kier molecular flexibility index (Phi) is 3.50. The fourth-order valence-corrected chi connectivity index (χ4v) is 2.81. The Morgan fingerprint density at radius 1 is 1.20 bits per heavy atom. The van der Waals surface area contributed by atoms with Gasteiger partial charge >= 0.3 is 0 Å². The molecule has 3 heteroatoms. The van der Waals surface area contributed by atoms with Gasteiger partial charge < -0.3 is 5.32 Å². The molecule has 1 aromatic carbocycles.